The molecule has 11 heavy (non-hydrogen) atoms. The Morgan fingerprint density at radius 2 is 2.27 bits per heavy atom. The summed E-state index contributed by atoms with van der Waals surface area (Å²) < 4.78 is 0. The summed E-state index contributed by atoms with van der Waals surface area (Å²) in [5.41, 5.74) is 1.78. The van der Waals surface area contributed by atoms with Gasteiger partial charge in [-0.1, -0.05) is 0 Å². The topological polar surface area (TPSA) is 49.9 Å². The molecule has 1 aromatic rings. The van der Waals surface area contributed by atoms with Crippen LogP contribution in [0.4, 0.5) is 0 Å². The van der Waals surface area contributed by atoms with Crippen molar-refractivity contribution in [3.05, 3.63) is 23.0 Å². The fourth-order valence-corrected chi connectivity index (χ4v) is 0.886. The number of carbonyl (C=O) groups excluding carboxylic acids is 2. The highest BCUT2D eigenvalue weighted by Crippen LogP contribution is 2.07. The van der Waals surface area contributed by atoms with E-state index < -0.39 is 0 Å². The molecule has 0 unspecified atom stereocenters. The van der Waals surface area contributed by atoms with Crippen LogP contribution in [0, 0.1) is 6.92 Å². The molecule has 1 aromatic heterocycles. The van der Waals surface area contributed by atoms with Crippen LogP contribution in [0.2, 0.25) is 0 Å². The molecule has 1 rings (SSSR count). The first-order valence-electron chi connectivity index (χ1n) is 3.31. The van der Waals surface area contributed by atoms with E-state index in [9.17, 15) is 9.59 Å². The van der Waals surface area contributed by atoms with Crippen molar-refractivity contribution in [3.63, 3.8) is 0 Å². The van der Waals surface area contributed by atoms with Crippen LogP contribution in [0.1, 0.15) is 33.5 Å². The number of nitrogens with one attached hydrogen (secondary N) is 1. The molecule has 0 saturated heterocycles. The summed E-state index contributed by atoms with van der Waals surface area (Å²) in [6, 6.07) is 1.56. The van der Waals surface area contributed by atoms with Crippen molar-refractivity contribution in [2.75, 3.05) is 0 Å². The molecular weight excluding hydrogens is 142 g/mol. The minimum absolute atomic E-state index is 0.0544. The molecule has 0 radical (unpaired) electrons. The first-order valence-corrected chi connectivity index (χ1v) is 3.31. The van der Waals surface area contributed by atoms with Gasteiger partial charge in [-0.25, -0.2) is 0 Å². The van der Waals surface area contributed by atoms with Crippen LogP contribution in [-0.4, -0.2) is 17.1 Å². The quantitative estimate of drug-likeness (QED) is 0.512. The molecule has 58 valence electrons. The Labute approximate surface area is 64.4 Å². The monoisotopic (exact) mass is 151 g/mol. The van der Waals surface area contributed by atoms with Crippen molar-refractivity contribution in [2.45, 2.75) is 13.8 Å². The van der Waals surface area contributed by atoms with Gasteiger partial charge in [0, 0.05) is 18.2 Å². The second-order valence-electron chi connectivity index (χ2n) is 2.44. The minimum Gasteiger partial charge on any atom is -0.356 e. The lowest BCUT2D eigenvalue weighted by Gasteiger charge is -1.84. The molecular formula is C8H9NO2. The number of Topliss-reactive ketones (excluding diaryl/α,β-unsaturated/α-hetero) is 1. The number of ketones is 1. The third-order valence-corrected chi connectivity index (χ3v) is 1.56. The van der Waals surface area contributed by atoms with Gasteiger partial charge in [-0.2, -0.15) is 0 Å². The Morgan fingerprint density at radius 1 is 1.64 bits per heavy atom. The number of carbonyl (C=O) groups is 2. The van der Waals surface area contributed by atoms with Gasteiger partial charge in [0.2, 0.25) is 0 Å². The molecule has 0 aromatic carbocycles. The van der Waals surface area contributed by atoms with Crippen molar-refractivity contribution in [1.29, 1.82) is 0 Å². The Hall–Kier alpha value is -1.38. The lowest BCUT2D eigenvalue weighted by molar-refractivity contribution is 0.101. The molecule has 0 aliphatic carbocycles. The lowest BCUT2D eigenvalue weighted by atomic mass is 10.2. The van der Waals surface area contributed by atoms with Crippen molar-refractivity contribution in [3.8, 4) is 0 Å². The number of aromatic amines is 1. The number of hydrogen-bond acceptors (Lipinski definition) is 2. The van der Waals surface area contributed by atoms with Crippen LogP contribution in [0.25, 0.3) is 0 Å². The summed E-state index contributed by atoms with van der Waals surface area (Å²) in [5, 5.41) is 0. The number of H-pyrrole nitrogens is 1. The molecule has 1 N–H and O–H groups in total. The second-order valence-corrected chi connectivity index (χ2v) is 2.44. The Kier molecular flexibility index (Phi) is 1.89. The molecule has 3 nitrogen and oxygen atoms in total. The van der Waals surface area contributed by atoms with Gasteiger partial charge in [0.15, 0.2) is 12.1 Å². The SMILES string of the molecule is CC(=O)c1cc(C=O)c(C)[nH]1. The van der Waals surface area contributed by atoms with E-state index in [4.69, 9.17) is 0 Å². The first-order chi connectivity index (χ1) is 5.15. The molecule has 3 heteroatoms. The van der Waals surface area contributed by atoms with Gasteiger partial charge in [-0.3, -0.25) is 9.59 Å². The van der Waals surface area contributed by atoms with Gasteiger partial charge in [-0.05, 0) is 13.0 Å². The van der Waals surface area contributed by atoms with Gasteiger partial charge >= 0.3 is 0 Å². The largest absolute Gasteiger partial charge is 0.356 e. The van der Waals surface area contributed by atoms with Crippen molar-refractivity contribution >= 4 is 12.1 Å². The van der Waals surface area contributed by atoms with E-state index in [-0.39, 0.29) is 5.78 Å². The Morgan fingerprint density at radius 3 is 2.55 bits per heavy atom. The highest BCUT2D eigenvalue weighted by atomic mass is 16.1. The van der Waals surface area contributed by atoms with Crippen molar-refractivity contribution in [1.82, 2.24) is 4.98 Å². The summed E-state index contributed by atoms with van der Waals surface area (Å²) >= 11 is 0. The predicted octanol–water partition coefficient (Wildman–Crippen LogP) is 1.34. The van der Waals surface area contributed by atoms with Crippen LogP contribution < -0.4 is 0 Å². The lowest BCUT2D eigenvalue weighted by Crippen LogP contribution is -1.90. The fourth-order valence-electron chi connectivity index (χ4n) is 0.886. The number of hydrogen-bond donors (Lipinski definition) is 1. The highest BCUT2D eigenvalue weighted by molar-refractivity contribution is 5.94. The standard InChI is InChI=1S/C8H9NO2/c1-5-7(4-10)3-8(9-5)6(2)11/h3-4,9H,1-2H3. The summed E-state index contributed by atoms with van der Waals surface area (Å²) in [5.74, 6) is -0.0544. The molecule has 0 aliphatic rings. The molecule has 0 bridgehead atoms. The van der Waals surface area contributed by atoms with E-state index in [1.54, 1.807) is 13.0 Å². The Balaban J connectivity index is 3.14. The van der Waals surface area contributed by atoms with Gasteiger partial charge in [0.05, 0.1) is 5.69 Å². The minimum atomic E-state index is -0.0544. The van der Waals surface area contributed by atoms with E-state index in [2.05, 4.69) is 4.98 Å². The average Bonchev–Trinajstić information content (AvgIpc) is 2.31. The third kappa shape index (κ3) is 1.37. The molecule has 0 amide bonds. The number of aryl methyl sites for hydroxylation is 1. The summed E-state index contributed by atoms with van der Waals surface area (Å²) in [7, 11) is 0. The zero-order valence-electron chi connectivity index (χ0n) is 6.47. The third-order valence-electron chi connectivity index (χ3n) is 1.56. The van der Waals surface area contributed by atoms with Gasteiger partial charge in [-0.15, -0.1) is 0 Å². The van der Waals surface area contributed by atoms with Crippen molar-refractivity contribution in [2.24, 2.45) is 0 Å². The van der Waals surface area contributed by atoms with Gasteiger partial charge in [0.1, 0.15) is 0 Å². The molecule has 0 saturated carbocycles. The number of rotatable bonds is 2. The van der Waals surface area contributed by atoms with E-state index in [1.807, 2.05) is 0 Å². The molecule has 0 spiro atoms. The van der Waals surface area contributed by atoms with E-state index in [0.717, 1.165) is 12.0 Å². The van der Waals surface area contributed by atoms with Crippen LogP contribution in [0.3, 0.4) is 0 Å². The van der Waals surface area contributed by atoms with E-state index in [1.165, 1.54) is 6.92 Å². The number of aldehydes is 1. The normalized spacial score (nSPS) is 9.64. The van der Waals surface area contributed by atoms with Crippen LogP contribution in [0.5, 0.6) is 0 Å². The van der Waals surface area contributed by atoms with Crippen LogP contribution in [0.15, 0.2) is 6.07 Å². The maximum absolute atomic E-state index is 10.8. The smallest absolute Gasteiger partial charge is 0.175 e. The molecule has 0 atom stereocenters. The maximum atomic E-state index is 10.8. The fraction of sp³-hybridized carbons (Fsp3) is 0.250. The maximum Gasteiger partial charge on any atom is 0.175 e. The first kappa shape index (κ1) is 7.72. The number of aromatic nitrogens is 1. The van der Waals surface area contributed by atoms with Crippen molar-refractivity contribution < 1.29 is 9.59 Å². The van der Waals surface area contributed by atoms with Crippen LogP contribution >= 0.6 is 0 Å². The molecule has 0 fully saturated rings. The Bertz CT molecular complexity index is 299. The van der Waals surface area contributed by atoms with E-state index >= 15 is 0 Å². The zero-order valence-corrected chi connectivity index (χ0v) is 6.47. The summed E-state index contributed by atoms with van der Waals surface area (Å²) in [6.07, 6.45) is 0.734. The second kappa shape index (κ2) is 2.70. The molecule has 0 aliphatic heterocycles. The van der Waals surface area contributed by atoms with E-state index in [0.29, 0.717) is 11.3 Å². The van der Waals surface area contributed by atoms with Gasteiger partial charge < -0.3 is 4.98 Å². The molecule has 1 heterocycles. The van der Waals surface area contributed by atoms with Crippen LogP contribution in [-0.2, 0) is 0 Å². The highest BCUT2D eigenvalue weighted by Gasteiger charge is 2.05. The van der Waals surface area contributed by atoms with Gasteiger partial charge in [0.25, 0.3) is 0 Å². The summed E-state index contributed by atoms with van der Waals surface area (Å²) in [4.78, 5) is 23.9. The summed E-state index contributed by atoms with van der Waals surface area (Å²) in [6.45, 7) is 3.22. The predicted molar refractivity (Wildman–Crippen MR) is 40.9 cm³/mol. The average molecular weight is 151 g/mol. The zero-order chi connectivity index (χ0) is 8.43.